The number of nitriles is 1. The Morgan fingerprint density at radius 2 is 1.80 bits per heavy atom. The molecule has 4 heteroatoms. The van der Waals surface area contributed by atoms with Crippen LogP contribution in [0.4, 0.5) is 0 Å². The van der Waals surface area contributed by atoms with Crippen LogP contribution in [0.1, 0.15) is 24.1 Å². The second kappa shape index (κ2) is 8.16. The Morgan fingerprint density at radius 1 is 1.00 bits per heavy atom. The lowest BCUT2D eigenvalue weighted by Gasteiger charge is -2.11. The number of aromatic nitrogens is 1. The molecule has 0 spiro atoms. The fraction of sp³-hybridized carbons (Fsp3) is 0.238. The topological polar surface area (TPSA) is 55.1 Å². The van der Waals surface area contributed by atoms with Crippen molar-refractivity contribution in [2.45, 2.75) is 26.4 Å². The van der Waals surface area contributed by atoms with Crippen molar-refractivity contribution in [2.75, 3.05) is 6.61 Å². The van der Waals surface area contributed by atoms with E-state index in [1.54, 1.807) is 0 Å². The smallest absolute Gasteiger partial charge is 0.130 e. The number of rotatable bonds is 7. The molecule has 0 aliphatic heterocycles. The molecular weight excluding hydrogens is 312 g/mol. The molecule has 0 fully saturated rings. The zero-order valence-corrected chi connectivity index (χ0v) is 14.2. The molecule has 25 heavy (non-hydrogen) atoms. The van der Waals surface area contributed by atoms with Crippen LogP contribution in [0.3, 0.4) is 0 Å². The molecule has 4 nitrogen and oxygen atoms in total. The Hall–Kier alpha value is -3.06. The molecular formula is C21H20N2O2. The van der Waals surface area contributed by atoms with Crippen LogP contribution < -0.4 is 9.47 Å². The number of aryl methyl sites for hydroxylation is 1. The van der Waals surface area contributed by atoms with Crippen molar-refractivity contribution in [2.24, 2.45) is 0 Å². The van der Waals surface area contributed by atoms with E-state index >= 15 is 0 Å². The molecule has 0 aliphatic rings. The number of para-hydroxylation sites is 1. The predicted octanol–water partition coefficient (Wildman–Crippen LogP) is 4.80. The summed E-state index contributed by atoms with van der Waals surface area (Å²) in [6.07, 6.45) is 1.23. The highest BCUT2D eigenvalue weighted by Crippen LogP contribution is 2.24. The molecule has 0 unspecified atom stereocenters. The van der Waals surface area contributed by atoms with Crippen molar-refractivity contribution in [3.05, 3.63) is 65.9 Å². The van der Waals surface area contributed by atoms with Crippen molar-refractivity contribution in [1.29, 1.82) is 5.26 Å². The lowest BCUT2D eigenvalue weighted by molar-refractivity contribution is 0.290. The molecule has 126 valence electrons. The van der Waals surface area contributed by atoms with E-state index in [0.717, 1.165) is 40.1 Å². The fourth-order valence-corrected chi connectivity index (χ4v) is 2.57. The summed E-state index contributed by atoms with van der Waals surface area (Å²) in [7, 11) is 0. The monoisotopic (exact) mass is 332 g/mol. The number of hydrogen-bond acceptors (Lipinski definition) is 4. The van der Waals surface area contributed by atoms with E-state index in [1.165, 1.54) is 0 Å². The Balaban J connectivity index is 1.65. The highest BCUT2D eigenvalue weighted by Gasteiger charge is 2.03. The van der Waals surface area contributed by atoms with E-state index in [4.69, 9.17) is 14.7 Å². The van der Waals surface area contributed by atoms with E-state index in [0.29, 0.717) is 19.6 Å². The van der Waals surface area contributed by atoms with Gasteiger partial charge >= 0.3 is 0 Å². The number of fused-ring (bicyclic) bond motifs is 1. The molecule has 0 saturated carbocycles. The van der Waals surface area contributed by atoms with Crippen LogP contribution in [-0.2, 0) is 6.61 Å². The van der Waals surface area contributed by atoms with Crippen LogP contribution in [0.15, 0.2) is 54.6 Å². The van der Waals surface area contributed by atoms with E-state index in [-0.39, 0.29) is 0 Å². The number of nitrogens with zero attached hydrogens (tertiary/aromatic N) is 2. The van der Waals surface area contributed by atoms with Gasteiger partial charge in [0.25, 0.3) is 0 Å². The molecule has 0 N–H and O–H groups in total. The van der Waals surface area contributed by atoms with Gasteiger partial charge in [-0.3, -0.25) is 0 Å². The Morgan fingerprint density at radius 3 is 2.64 bits per heavy atom. The van der Waals surface area contributed by atoms with Gasteiger partial charge in [0.2, 0.25) is 0 Å². The summed E-state index contributed by atoms with van der Waals surface area (Å²) < 4.78 is 11.6. The average molecular weight is 332 g/mol. The van der Waals surface area contributed by atoms with Gasteiger partial charge in [0.15, 0.2) is 0 Å². The van der Waals surface area contributed by atoms with Crippen LogP contribution >= 0.6 is 0 Å². The largest absolute Gasteiger partial charge is 0.493 e. The third kappa shape index (κ3) is 4.71. The van der Waals surface area contributed by atoms with Gasteiger partial charge in [-0.1, -0.05) is 24.3 Å². The number of benzene rings is 2. The lowest BCUT2D eigenvalue weighted by atomic mass is 10.2. The molecule has 0 amide bonds. The first-order valence-corrected chi connectivity index (χ1v) is 8.33. The number of unbranched alkanes of at least 4 members (excludes halogenated alkanes) is 1. The van der Waals surface area contributed by atoms with Crippen LogP contribution in [-0.4, -0.2) is 11.6 Å². The molecule has 0 saturated heterocycles. The van der Waals surface area contributed by atoms with Crippen molar-refractivity contribution >= 4 is 10.9 Å². The highest BCUT2D eigenvalue weighted by atomic mass is 16.5. The first kappa shape index (κ1) is 16.8. The zero-order chi connectivity index (χ0) is 17.5. The lowest BCUT2D eigenvalue weighted by Crippen LogP contribution is -2.00. The molecule has 0 bridgehead atoms. The van der Waals surface area contributed by atoms with Gasteiger partial charge in [0.05, 0.1) is 23.9 Å². The maximum absolute atomic E-state index is 8.56. The molecule has 1 heterocycles. The summed E-state index contributed by atoms with van der Waals surface area (Å²) >= 11 is 0. The minimum atomic E-state index is 0.405. The van der Waals surface area contributed by atoms with Crippen molar-refractivity contribution in [3.63, 3.8) is 0 Å². The van der Waals surface area contributed by atoms with E-state index in [2.05, 4.69) is 17.1 Å². The van der Waals surface area contributed by atoms with Gasteiger partial charge in [0, 0.05) is 17.9 Å². The van der Waals surface area contributed by atoms with E-state index in [9.17, 15) is 0 Å². The Labute approximate surface area is 147 Å². The normalized spacial score (nSPS) is 10.4. The van der Waals surface area contributed by atoms with E-state index < -0.39 is 0 Å². The maximum atomic E-state index is 8.56. The molecule has 1 aromatic heterocycles. The third-order valence-corrected chi connectivity index (χ3v) is 3.77. The zero-order valence-electron chi connectivity index (χ0n) is 14.2. The Bertz CT molecular complexity index is 900. The number of pyridine rings is 1. The van der Waals surface area contributed by atoms with Gasteiger partial charge < -0.3 is 9.47 Å². The van der Waals surface area contributed by atoms with Crippen LogP contribution in [0.5, 0.6) is 11.5 Å². The van der Waals surface area contributed by atoms with Crippen LogP contribution in [0.2, 0.25) is 0 Å². The average Bonchev–Trinajstić information content (AvgIpc) is 2.63. The third-order valence-electron chi connectivity index (χ3n) is 3.77. The van der Waals surface area contributed by atoms with Crippen molar-refractivity contribution in [3.8, 4) is 17.6 Å². The quantitative estimate of drug-likeness (QED) is 0.583. The Kier molecular flexibility index (Phi) is 5.48. The fourth-order valence-electron chi connectivity index (χ4n) is 2.57. The minimum Gasteiger partial charge on any atom is -0.493 e. The first-order chi connectivity index (χ1) is 12.2. The molecule has 0 atom stereocenters. The summed E-state index contributed by atoms with van der Waals surface area (Å²) in [5.41, 5.74) is 2.92. The summed E-state index contributed by atoms with van der Waals surface area (Å²) in [5, 5.41) is 9.68. The molecule has 2 aromatic carbocycles. The highest BCUT2D eigenvalue weighted by molar-refractivity contribution is 5.78. The van der Waals surface area contributed by atoms with Gasteiger partial charge in [-0.25, -0.2) is 4.98 Å². The second-order valence-corrected chi connectivity index (χ2v) is 5.88. The predicted molar refractivity (Wildman–Crippen MR) is 97.6 cm³/mol. The standard InChI is InChI=1S/C21H20N2O2/c1-16-12-19(24-11-5-4-10-22)14-20(13-16)25-15-18-9-8-17-6-2-3-7-21(17)23-18/h2-3,6-9,12-14H,4-5,11,15H2,1H3. The van der Waals surface area contributed by atoms with Gasteiger partial charge in [-0.05, 0) is 43.2 Å². The van der Waals surface area contributed by atoms with E-state index in [1.807, 2.05) is 55.5 Å². The van der Waals surface area contributed by atoms with Crippen LogP contribution in [0.25, 0.3) is 10.9 Å². The first-order valence-electron chi connectivity index (χ1n) is 8.33. The summed E-state index contributed by atoms with van der Waals surface area (Å²) in [5.74, 6) is 1.52. The number of ether oxygens (including phenoxy) is 2. The second-order valence-electron chi connectivity index (χ2n) is 5.88. The number of hydrogen-bond donors (Lipinski definition) is 0. The molecule has 3 rings (SSSR count). The van der Waals surface area contributed by atoms with Gasteiger partial charge in [-0.2, -0.15) is 5.26 Å². The minimum absolute atomic E-state index is 0.405. The van der Waals surface area contributed by atoms with Gasteiger partial charge in [-0.15, -0.1) is 0 Å². The van der Waals surface area contributed by atoms with Gasteiger partial charge in [0.1, 0.15) is 18.1 Å². The SMILES string of the molecule is Cc1cc(OCCCC#N)cc(OCc2ccc3ccccc3n2)c1. The molecule has 3 aromatic rings. The molecule has 0 radical (unpaired) electrons. The summed E-state index contributed by atoms with van der Waals surface area (Å²) in [6.45, 7) is 2.94. The van der Waals surface area contributed by atoms with Crippen molar-refractivity contribution in [1.82, 2.24) is 4.98 Å². The summed E-state index contributed by atoms with van der Waals surface area (Å²) in [4.78, 5) is 4.62. The maximum Gasteiger partial charge on any atom is 0.130 e. The summed E-state index contributed by atoms with van der Waals surface area (Å²) in [6, 6.07) is 20.0. The van der Waals surface area contributed by atoms with Crippen LogP contribution in [0, 0.1) is 18.3 Å². The van der Waals surface area contributed by atoms with Crippen molar-refractivity contribution < 1.29 is 9.47 Å². The molecule has 0 aliphatic carbocycles.